The second-order valence-electron chi connectivity index (χ2n) is 6.05. The molecule has 1 heterocycles. The molecule has 136 valence electrons. The lowest BCUT2D eigenvalue weighted by atomic mass is 10.0. The van der Waals surface area contributed by atoms with Crippen molar-refractivity contribution in [3.8, 4) is 28.4 Å². The van der Waals surface area contributed by atoms with Gasteiger partial charge < -0.3 is 19.5 Å². The maximum atomic E-state index is 12.4. The van der Waals surface area contributed by atoms with Gasteiger partial charge in [0.05, 0.1) is 0 Å². The summed E-state index contributed by atoms with van der Waals surface area (Å²) in [5, 5.41) is 2.92. The maximum Gasteiger partial charge on any atom is 0.262 e. The van der Waals surface area contributed by atoms with Gasteiger partial charge in [-0.1, -0.05) is 48.5 Å². The van der Waals surface area contributed by atoms with E-state index in [0.717, 1.165) is 16.8 Å². The number of benzene rings is 3. The maximum absolute atomic E-state index is 12.4. The van der Waals surface area contributed by atoms with Crippen LogP contribution in [-0.2, 0) is 4.79 Å². The molecule has 5 heteroatoms. The molecule has 0 atom stereocenters. The van der Waals surface area contributed by atoms with E-state index in [9.17, 15) is 4.79 Å². The molecule has 0 spiro atoms. The Labute approximate surface area is 157 Å². The lowest BCUT2D eigenvalue weighted by Crippen LogP contribution is -2.20. The third kappa shape index (κ3) is 4.03. The van der Waals surface area contributed by atoms with Crippen LogP contribution in [0, 0.1) is 0 Å². The predicted molar refractivity (Wildman–Crippen MR) is 103 cm³/mol. The summed E-state index contributed by atoms with van der Waals surface area (Å²) < 4.78 is 16.6. The van der Waals surface area contributed by atoms with Crippen LogP contribution < -0.4 is 19.5 Å². The Bertz CT molecular complexity index is 940. The van der Waals surface area contributed by atoms with Crippen LogP contribution >= 0.6 is 0 Å². The zero-order valence-corrected chi connectivity index (χ0v) is 14.7. The van der Waals surface area contributed by atoms with Gasteiger partial charge in [0.25, 0.3) is 5.91 Å². The highest BCUT2D eigenvalue weighted by atomic mass is 16.6. The molecule has 0 saturated heterocycles. The molecule has 0 aliphatic carbocycles. The van der Waals surface area contributed by atoms with E-state index in [0.29, 0.717) is 30.5 Å². The van der Waals surface area contributed by atoms with Gasteiger partial charge in [-0.15, -0.1) is 0 Å². The largest absolute Gasteiger partial charge is 0.486 e. The van der Waals surface area contributed by atoms with E-state index in [1.807, 2.05) is 54.6 Å². The minimum atomic E-state index is -0.228. The topological polar surface area (TPSA) is 56.8 Å². The zero-order chi connectivity index (χ0) is 18.5. The summed E-state index contributed by atoms with van der Waals surface area (Å²) in [4.78, 5) is 12.4. The van der Waals surface area contributed by atoms with Crippen molar-refractivity contribution < 1.29 is 19.0 Å². The van der Waals surface area contributed by atoms with Crippen LogP contribution in [0.2, 0.25) is 0 Å². The molecule has 1 aliphatic rings. The summed E-state index contributed by atoms with van der Waals surface area (Å²) in [5.74, 6) is 1.66. The molecule has 1 aliphatic heterocycles. The first-order valence-corrected chi connectivity index (χ1v) is 8.76. The van der Waals surface area contributed by atoms with E-state index >= 15 is 0 Å². The summed E-state index contributed by atoms with van der Waals surface area (Å²) in [6.45, 7) is 0.951. The first-order chi connectivity index (χ1) is 13.3. The van der Waals surface area contributed by atoms with Crippen LogP contribution in [0.15, 0.2) is 72.8 Å². The first-order valence-electron chi connectivity index (χ1n) is 8.76. The molecule has 3 aromatic rings. The molecular weight excluding hydrogens is 342 g/mol. The number of rotatable bonds is 5. The lowest BCUT2D eigenvalue weighted by Gasteiger charge is -2.19. The standard InChI is InChI=1S/C22H19NO4/c24-22(15-27-17-10-11-20-21(14-17)26-13-12-25-20)23-19-9-5-4-8-18(19)16-6-2-1-3-7-16/h1-11,14H,12-13,15H2,(H,23,24). The summed E-state index contributed by atoms with van der Waals surface area (Å²) >= 11 is 0. The number of amides is 1. The minimum Gasteiger partial charge on any atom is -0.486 e. The average Bonchev–Trinajstić information content (AvgIpc) is 2.73. The van der Waals surface area contributed by atoms with Gasteiger partial charge in [-0.3, -0.25) is 4.79 Å². The number of anilines is 1. The van der Waals surface area contributed by atoms with E-state index in [4.69, 9.17) is 14.2 Å². The van der Waals surface area contributed by atoms with Gasteiger partial charge in [-0.25, -0.2) is 0 Å². The van der Waals surface area contributed by atoms with Crippen LogP contribution in [0.5, 0.6) is 17.2 Å². The van der Waals surface area contributed by atoms with Crippen molar-refractivity contribution in [2.24, 2.45) is 0 Å². The van der Waals surface area contributed by atoms with Crippen molar-refractivity contribution in [3.63, 3.8) is 0 Å². The van der Waals surface area contributed by atoms with Crippen LogP contribution in [-0.4, -0.2) is 25.7 Å². The number of fused-ring (bicyclic) bond motifs is 1. The molecular formula is C22H19NO4. The van der Waals surface area contributed by atoms with E-state index in [1.165, 1.54) is 0 Å². The van der Waals surface area contributed by atoms with E-state index in [1.54, 1.807) is 18.2 Å². The quantitative estimate of drug-likeness (QED) is 0.742. The van der Waals surface area contributed by atoms with Gasteiger partial charge in [-0.2, -0.15) is 0 Å². The molecule has 0 fully saturated rings. The van der Waals surface area contributed by atoms with E-state index < -0.39 is 0 Å². The third-order valence-corrected chi connectivity index (χ3v) is 4.17. The fourth-order valence-corrected chi connectivity index (χ4v) is 2.91. The number of nitrogens with one attached hydrogen (secondary N) is 1. The Kier molecular flexibility index (Phi) is 4.92. The van der Waals surface area contributed by atoms with Gasteiger partial charge in [0.15, 0.2) is 18.1 Å². The molecule has 0 bridgehead atoms. The van der Waals surface area contributed by atoms with Gasteiger partial charge in [0.1, 0.15) is 19.0 Å². The van der Waals surface area contributed by atoms with Crippen LogP contribution in [0.3, 0.4) is 0 Å². The van der Waals surface area contributed by atoms with Gasteiger partial charge in [0.2, 0.25) is 0 Å². The highest BCUT2D eigenvalue weighted by molar-refractivity contribution is 5.96. The van der Waals surface area contributed by atoms with Gasteiger partial charge in [-0.05, 0) is 23.8 Å². The SMILES string of the molecule is O=C(COc1ccc2c(c1)OCCO2)Nc1ccccc1-c1ccccc1. The van der Waals surface area contributed by atoms with Crippen molar-refractivity contribution in [1.29, 1.82) is 0 Å². The second kappa shape index (κ2) is 7.83. The Balaban J connectivity index is 1.42. The number of ether oxygens (including phenoxy) is 3. The number of carbonyl (C=O) groups is 1. The summed E-state index contributed by atoms with van der Waals surface area (Å²) in [6, 6.07) is 22.9. The highest BCUT2D eigenvalue weighted by Crippen LogP contribution is 2.33. The van der Waals surface area contributed by atoms with Crippen molar-refractivity contribution in [2.45, 2.75) is 0 Å². The molecule has 0 unspecified atom stereocenters. The smallest absolute Gasteiger partial charge is 0.262 e. The molecule has 0 radical (unpaired) electrons. The van der Waals surface area contributed by atoms with Crippen molar-refractivity contribution >= 4 is 11.6 Å². The number of carbonyl (C=O) groups excluding carboxylic acids is 1. The average molecular weight is 361 g/mol. The van der Waals surface area contributed by atoms with Gasteiger partial charge in [0, 0.05) is 17.3 Å². The van der Waals surface area contributed by atoms with Crippen LogP contribution in [0.25, 0.3) is 11.1 Å². The molecule has 0 aromatic heterocycles. The fraction of sp³-hybridized carbons (Fsp3) is 0.136. The fourth-order valence-electron chi connectivity index (χ4n) is 2.91. The van der Waals surface area contributed by atoms with E-state index in [2.05, 4.69) is 5.32 Å². The number of hydrogen-bond acceptors (Lipinski definition) is 4. The monoisotopic (exact) mass is 361 g/mol. The summed E-state index contributed by atoms with van der Waals surface area (Å²) in [7, 11) is 0. The first kappa shape index (κ1) is 17.0. The van der Waals surface area contributed by atoms with Crippen LogP contribution in [0.4, 0.5) is 5.69 Å². The second-order valence-corrected chi connectivity index (χ2v) is 6.05. The minimum absolute atomic E-state index is 0.0945. The Morgan fingerprint density at radius 1 is 0.889 bits per heavy atom. The molecule has 3 aromatic carbocycles. The Hall–Kier alpha value is -3.47. The highest BCUT2D eigenvalue weighted by Gasteiger charge is 2.13. The summed E-state index contributed by atoms with van der Waals surface area (Å²) in [6.07, 6.45) is 0. The Morgan fingerprint density at radius 2 is 1.63 bits per heavy atom. The van der Waals surface area contributed by atoms with Crippen LogP contribution in [0.1, 0.15) is 0 Å². The Morgan fingerprint density at radius 3 is 2.48 bits per heavy atom. The lowest BCUT2D eigenvalue weighted by molar-refractivity contribution is -0.118. The zero-order valence-electron chi connectivity index (χ0n) is 14.7. The van der Waals surface area contributed by atoms with Gasteiger partial charge >= 0.3 is 0 Å². The molecule has 5 nitrogen and oxygen atoms in total. The normalized spacial score (nSPS) is 12.3. The summed E-state index contributed by atoms with van der Waals surface area (Å²) in [5.41, 5.74) is 2.76. The predicted octanol–water partition coefficient (Wildman–Crippen LogP) is 4.14. The number of para-hydroxylation sites is 1. The molecule has 1 amide bonds. The van der Waals surface area contributed by atoms with Crippen molar-refractivity contribution in [1.82, 2.24) is 0 Å². The van der Waals surface area contributed by atoms with Crippen molar-refractivity contribution in [3.05, 3.63) is 72.8 Å². The molecule has 4 rings (SSSR count). The molecule has 1 N–H and O–H groups in total. The van der Waals surface area contributed by atoms with Crippen molar-refractivity contribution in [2.75, 3.05) is 25.1 Å². The molecule has 27 heavy (non-hydrogen) atoms. The van der Waals surface area contributed by atoms with E-state index in [-0.39, 0.29) is 12.5 Å². The molecule has 0 saturated carbocycles. The third-order valence-electron chi connectivity index (χ3n) is 4.17. The number of hydrogen-bond donors (Lipinski definition) is 1.